The fourth-order valence-corrected chi connectivity index (χ4v) is 2.09. The summed E-state index contributed by atoms with van der Waals surface area (Å²) in [6.45, 7) is 0.644. The molecule has 0 radical (unpaired) electrons. The Morgan fingerprint density at radius 1 is 1.14 bits per heavy atom. The molecule has 2 aromatic carbocycles. The minimum Gasteiger partial charge on any atom is -0.485 e. The number of carbonyl (C=O) groups excluding carboxylic acids is 1. The Morgan fingerprint density at radius 3 is 2.62 bits per heavy atom. The molecule has 1 heterocycles. The van der Waals surface area contributed by atoms with Crippen LogP contribution in [0, 0.1) is 0 Å². The summed E-state index contributed by atoms with van der Waals surface area (Å²) in [5, 5.41) is 2.83. The average Bonchev–Trinajstić information content (AvgIpc) is 2.53. The Hall–Kier alpha value is -2.69. The Kier molecular flexibility index (Phi) is 3.64. The Bertz CT molecular complexity index is 640. The molecule has 21 heavy (non-hydrogen) atoms. The SMILES string of the molecule is Nc1ccc(CNC(=O)C2COc3ccccc3O2)cc1. The molecule has 3 rings (SSSR count). The van der Waals surface area contributed by atoms with E-state index in [-0.39, 0.29) is 12.5 Å². The molecule has 5 nitrogen and oxygen atoms in total. The van der Waals surface area contributed by atoms with Crippen LogP contribution >= 0.6 is 0 Å². The summed E-state index contributed by atoms with van der Waals surface area (Å²) in [5.74, 6) is 1.07. The molecule has 1 aliphatic rings. The smallest absolute Gasteiger partial charge is 0.264 e. The summed E-state index contributed by atoms with van der Waals surface area (Å²) >= 11 is 0. The normalized spacial score (nSPS) is 16.3. The Balaban J connectivity index is 1.58. The fourth-order valence-electron chi connectivity index (χ4n) is 2.09. The van der Waals surface area contributed by atoms with Crippen LogP contribution in [0.5, 0.6) is 11.5 Å². The standard InChI is InChI=1S/C16H16N2O3/c17-12-7-5-11(6-8-12)9-18-16(19)15-10-20-13-3-1-2-4-14(13)21-15/h1-8,15H,9-10,17H2,(H,18,19). The van der Waals surface area contributed by atoms with Gasteiger partial charge in [-0.1, -0.05) is 24.3 Å². The quantitative estimate of drug-likeness (QED) is 0.842. The highest BCUT2D eigenvalue weighted by atomic mass is 16.6. The van der Waals surface area contributed by atoms with Crippen LogP contribution in [0.25, 0.3) is 0 Å². The van der Waals surface area contributed by atoms with Crippen molar-refractivity contribution in [2.75, 3.05) is 12.3 Å². The van der Waals surface area contributed by atoms with Gasteiger partial charge in [-0.3, -0.25) is 4.79 Å². The first-order valence-corrected chi connectivity index (χ1v) is 6.73. The summed E-state index contributed by atoms with van der Waals surface area (Å²) < 4.78 is 11.2. The van der Waals surface area contributed by atoms with Crippen LogP contribution in [0.4, 0.5) is 5.69 Å². The molecule has 0 saturated carbocycles. The second kappa shape index (κ2) is 5.75. The molecule has 1 aliphatic heterocycles. The van der Waals surface area contributed by atoms with E-state index in [4.69, 9.17) is 15.2 Å². The van der Waals surface area contributed by atoms with Crippen molar-refractivity contribution in [1.82, 2.24) is 5.32 Å². The van der Waals surface area contributed by atoms with Gasteiger partial charge in [0.25, 0.3) is 5.91 Å². The van der Waals surface area contributed by atoms with Crippen molar-refractivity contribution in [2.45, 2.75) is 12.6 Å². The highest BCUT2D eigenvalue weighted by Gasteiger charge is 2.26. The van der Waals surface area contributed by atoms with E-state index >= 15 is 0 Å². The largest absolute Gasteiger partial charge is 0.485 e. The van der Waals surface area contributed by atoms with E-state index in [1.165, 1.54) is 0 Å². The van der Waals surface area contributed by atoms with Crippen molar-refractivity contribution in [1.29, 1.82) is 0 Å². The van der Waals surface area contributed by atoms with Gasteiger partial charge in [-0.15, -0.1) is 0 Å². The maximum atomic E-state index is 12.1. The average molecular weight is 284 g/mol. The van der Waals surface area contributed by atoms with Crippen molar-refractivity contribution >= 4 is 11.6 Å². The number of para-hydroxylation sites is 2. The van der Waals surface area contributed by atoms with Crippen molar-refractivity contribution in [2.24, 2.45) is 0 Å². The van der Waals surface area contributed by atoms with Crippen LogP contribution in [0.15, 0.2) is 48.5 Å². The van der Waals surface area contributed by atoms with E-state index in [9.17, 15) is 4.79 Å². The molecular formula is C16H16N2O3. The van der Waals surface area contributed by atoms with Gasteiger partial charge in [0.2, 0.25) is 6.10 Å². The second-order valence-corrected chi connectivity index (χ2v) is 4.82. The van der Waals surface area contributed by atoms with Gasteiger partial charge in [0.15, 0.2) is 11.5 Å². The van der Waals surface area contributed by atoms with E-state index in [1.54, 1.807) is 18.2 Å². The van der Waals surface area contributed by atoms with Crippen LogP contribution in [0.1, 0.15) is 5.56 Å². The zero-order valence-electron chi connectivity index (χ0n) is 11.4. The fraction of sp³-hybridized carbons (Fsp3) is 0.188. The number of anilines is 1. The van der Waals surface area contributed by atoms with Gasteiger partial charge in [0.05, 0.1) is 0 Å². The zero-order chi connectivity index (χ0) is 14.7. The van der Waals surface area contributed by atoms with E-state index in [1.807, 2.05) is 30.3 Å². The number of hydrogen-bond acceptors (Lipinski definition) is 4. The molecule has 108 valence electrons. The van der Waals surface area contributed by atoms with Gasteiger partial charge in [-0.25, -0.2) is 0 Å². The predicted molar refractivity (Wildman–Crippen MR) is 79.1 cm³/mol. The molecule has 1 atom stereocenters. The van der Waals surface area contributed by atoms with Crippen molar-refractivity contribution < 1.29 is 14.3 Å². The Labute approximate surface area is 122 Å². The third-order valence-corrected chi connectivity index (χ3v) is 3.25. The van der Waals surface area contributed by atoms with Gasteiger partial charge in [0.1, 0.15) is 6.61 Å². The van der Waals surface area contributed by atoms with Crippen LogP contribution in [0.2, 0.25) is 0 Å². The topological polar surface area (TPSA) is 73.6 Å². The van der Waals surface area contributed by atoms with Crippen LogP contribution in [-0.2, 0) is 11.3 Å². The highest BCUT2D eigenvalue weighted by molar-refractivity contribution is 5.81. The summed E-state index contributed by atoms with van der Waals surface area (Å²) in [6.07, 6.45) is -0.631. The monoisotopic (exact) mass is 284 g/mol. The predicted octanol–water partition coefficient (Wildman–Crippen LogP) is 1.72. The van der Waals surface area contributed by atoms with Gasteiger partial charge in [-0.05, 0) is 29.8 Å². The first kappa shape index (κ1) is 13.3. The summed E-state index contributed by atoms with van der Waals surface area (Å²) in [5.41, 5.74) is 7.30. The van der Waals surface area contributed by atoms with Gasteiger partial charge in [0, 0.05) is 12.2 Å². The molecule has 0 fully saturated rings. The molecule has 0 bridgehead atoms. The molecule has 0 saturated heterocycles. The number of benzene rings is 2. The molecule has 1 unspecified atom stereocenters. The van der Waals surface area contributed by atoms with E-state index in [0.29, 0.717) is 23.7 Å². The minimum absolute atomic E-state index is 0.193. The lowest BCUT2D eigenvalue weighted by molar-refractivity contribution is -0.130. The number of nitrogen functional groups attached to an aromatic ring is 1. The number of fused-ring (bicyclic) bond motifs is 1. The Morgan fingerprint density at radius 2 is 1.86 bits per heavy atom. The number of nitrogens with one attached hydrogen (secondary N) is 1. The number of carbonyl (C=O) groups is 1. The van der Waals surface area contributed by atoms with Crippen molar-refractivity contribution in [3.05, 3.63) is 54.1 Å². The third kappa shape index (κ3) is 3.08. The van der Waals surface area contributed by atoms with Crippen LogP contribution < -0.4 is 20.5 Å². The van der Waals surface area contributed by atoms with Crippen molar-refractivity contribution in [3.63, 3.8) is 0 Å². The zero-order valence-corrected chi connectivity index (χ0v) is 11.4. The van der Waals surface area contributed by atoms with E-state index in [0.717, 1.165) is 5.56 Å². The number of nitrogens with two attached hydrogens (primary N) is 1. The summed E-state index contributed by atoms with van der Waals surface area (Å²) in [4.78, 5) is 12.1. The number of rotatable bonds is 3. The lowest BCUT2D eigenvalue weighted by Gasteiger charge is -2.25. The van der Waals surface area contributed by atoms with Crippen LogP contribution in [-0.4, -0.2) is 18.6 Å². The second-order valence-electron chi connectivity index (χ2n) is 4.82. The number of amides is 1. The van der Waals surface area contributed by atoms with Crippen molar-refractivity contribution in [3.8, 4) is 11.5 Å². The lowest BCUT2D eigenvalue weighted by Crippen LogP contribution is -2.43. The first-order valence-electron chi connectivity index (χ1n) is 6.73. The number of ether oxygens (including phenoxy) is 2. The molecule has 1 amide bonds. The third-order valence-electron chi connectivity index (χ3n) is 3.25. The lowest BCUT2D eigenvalue weighted by atomic mass is 10.2. The van der Waals surface area contributed by atoms with E-state index < -0.39 is 6.10 Å². The van der Waals surface area contributed by atoms with Gasteiger partial charge in [-0.2, -0.15) is 0 Å². The number of hydrogen-bond donors (Lipinski definition) is 2. The first-order chi connectivity index (χ1) is 10.2. The minimum atomic E-state index is -0.631. The molecule has 2 aromatic rings. The van der Waals surface area contributed by atoms with E-state index in [2.05, 4.69) is 5.32 Å². The summed E-state index contributed by atoms with van der Waals surface area (Å²) in [7, 11) is 0. The highest BCUT2D eigenvalue weighted by Crippen LogP contribution is 2.30. The molecular weight excluding hydrogens is 268 g/mol. The molecule has 3 N–H and O–H groups in total. The van der Waals surface area contributed by atoms with Gasteiger partial charge < -0.3 is 20.5 Å². The summed E-state index contributed by atoms with van der Waals surface area (Å²) in [6, 6.07) is 14.7. The molecule has 0 spiro atoms. The maximum absolute atomic E-state index is 12.1. The van der Waals surface area contributed by atoms with Crippen LogP contribution in [0.3, 0.4) is 0 Å². The molecule has 5 heteroatoms. The molecule has 0 aromatic heterocycles. The maximum Gasteiger partial charge on any atom is 0.264 e. The molecule has 0 aliphatic carbocycles. The van der Waals surface area contributed by atoms with Gasteiger partial charge >= 0.3 is 0 Å².